The van der Waals surface area contributed by atoms with Gasteiger partial charge in [0.15, 0.2) is 17.0 Å². The second-order valence-corrected chi connectivity index (χ2v) is 6.16. The Morgan fingerprint density at radius 1 is 1.21 bits per heavy atom. The Hall–Kier alpha value is -2.18. The van der Waals surface area contributed by atoms with E-state index in [1.54, 1.807) is 6.33 Å². The number of anilines is 1. The van der Waals surface area contributed by atoms with E-state index in [1.807, 2.05) is 22.8 Å². The van der Waals surface area contributed by atoms with Gasteiger partial charge in [0.1, 0.15) is 6.23 Å². The first kappa shape index (κ1) is 15.4. The molecule has 1 atom stereocenters. The molecule has 1 unspecified atom stereocenters. The van der Waals surface area contributed by atoms with E-state index in [0.29, 0.717) is 23.5 Å². The Morgan fingerprint density at radius 3 is 2.88 bits per heavy atom. The highest BCUT2D eigenvalue weighted by Crippen LogP contribution is 2.28. The lowest BCUT2D eigenvalue weighted by Crippen LogP contribution is -2.17. The summed E-state index contributed by atoms with van der Waals surface area (Å²) < 4.78 is 7.79. The van der Waals surface area contributed by atoms with Crippen molar-refractivity contribution >= 4 is 28.6 Å². The smallest absolute Gasteiger partial charge is 0.226 e. The molecule has 0 spiro atoms. The minimum absolute atomic E-state index is 0.0308. The normalized spacial score (nSPS) is 18.0. The lowest BCUT2D eigenvalue weighted by molar-refractivity contribution is -0.0298. The van der Waals surface area contributed by atoms with Crippen LogP contribution in [0.15, 0.2) is 36.7 Å². The summed E-state index contributed by atoms with van der Waals surface area (Å²) in [6.07, 6.45) is 4.93. The number of imidazole rings is 1. The number of hydrogen-bond donors (Lipinski definition) is 1. The zero-order valence-electron chi connectivity index (χ0n) is 13.2. The van der Waals surface area contributed by atoms with Gasteiger partial charge in [-0.15, -0.1) is 0 Å². The van der Waals surface area contributed by atoms with E-state index in [9.17, 15) is 0 Å². The summed E-state index contributed by atoms with van der Waals surface area (Å²) in [6.45, 7) is 1.42. The maximum Gasteiger partial charge on any atom is 0.226 e. The van der Waals surface area contributed by atoms with Crippen LogP contribution in [0.1, 0.15) is 31.1 Å². The van der Waals surface area contributed by atoms with E-state index in [2.05, 4.69) is 32.4 Å². The molecule has 1 aliphatic heterocycles. The lowest BCUT2D eigenvalue weighted by atomic mass is 10.2. The van der Waals surface area contributed by atoms with Gasteiger partial charge in [0.25, 0.3) is 0 Å². The Morgan fingerprint density at radius 2 is 2.08 bits per heavy atom. The SMILES string of the molecule is Clc1nc(NCc2ccccc2)c2ncn(C3CCCCO3)c2n1. The summed E-state index contributed by atoms with van der Waals surface area (Å²) >= 11 is 6.13. The fourth-order valence-electron chi connectivity index (χ4n) is 2.95. The van der Waals surface area contributed by atoms with Gasteiger partial charge >= 0.3 is 0 Å². The molecule has 0 radical (unpaired) electrons. The summed E-state index contributed by atoms with van der Waals surface area (Å²) in [5.74, 6) is 0.642. The van der Waals surface area contributed by atoms with Crippen LogP contribution in [0.5, 0.6) is 0 Å². The number of ether oxygens (including phenoxy) is 1. The first-order valence-corrected chi connectivity index (χ1v) is 8.48. The molecule has 4 rings (SSSR count). The number of nitrogens with one attached hydrogen (secondary N) is 1. The highest BCUT2D eigenvalue weighted by Gasteiger charge is 2.21. The van der Waals surface area contributed by atoms with Crippen molar-refractivity contribution in [1.29, 1.82) is 0 Å². The van der Waals surface area contributed by atoms with Crippen LogP contribution in [0.25, 0.3) is 11.2 Å². The fraction of sp³-hybridized carbons (Fsp3) is 0.353. The molecule has 7 heteroatoms. The van der Waals surface area contributed by atoms with Crippen LogP contribution in [0, 0.1) is 0 Å². The van der Waals surface area contributed by atoms with Crippen LogP contribution in [0.3, 0.4) is 0 Å². The second kappa shape index (κ2) is 6.75. The minimum Gasteiger partial charge on any atom is -0.364 e. The summed E-state index contributed by atoms with van der Waals surface area (Å²) in [6, 6.07) is 10.1. The van der Waals surface area contributed by atoms with Gasteiger partial charge < -0.3 is 10.1 Å². The summed E-state index contributed by atoms with van der Waals surface area (Å²) in [4.78, 5) is 13.1. The van der Waals surface area contributed by atoms with Gasteiger partial charge in [-0.05, 0) is 36.4 Å². The van der Waals surface area contributed by atoms with E-state index in [-0.39, 0.29) is 11.5 Å². The second-order valence-electron chi connectivity index (χ2n) is 5.83. The number of benzene rings is 1. The van der Waals surface area contributed by atoms with Crippen molar-refractivity contribution in [2.75, 3.05) is 11.9 Å². The molecule has 0 aliphatic carbocycles. The Labute approximate surface area is 144 Å². The molecule has 1 N–H and O–H groups in total. The summed E-state index contributed by atoms with van der Waals surface area (Å²) in [7, 11) is 0. The number of halogens is 1. The summed E-state index contributed by atoms with van der Waals surface area (Å²) in [5.41, 5.74) is 2.58. The van der Waals surface area contributed by atoms with Crippen molar-refractivity contribution in [3.63, 3.8) is 0 Å². The van der Waals surface area contributed by atoms with E-state index in [0.717, 1.165) is 31.4 Å². The zero-order valence-corrected chi connectivity index (χ0v) is 13.9. The molecular formula is C17H18ClN5O. The predicted octanol–water partition coefficient (Wildman–Crippen LogP) is 3.79. The topological polar surface area (TPSA) is 64.9 Å². The minimum atomic E-state index is -0.0308. The molecule has 2 aromatic heterocycles. The third kappa shape index (κ3) is 3.07. The molecule has 3 aromatic rings. The quantitative estimate of drug-likeness (QED) is 0.730. The van der Waals surface area contributed by atoms with E-state index >= 15 is 0 Å². The van der Waals surface area contributed by atoms with Crippen LogP contribution in [-0.4, -0.2) is 26.1 Å². The third-order valence-corrected chi connectivity index (χ3v) is 4.33. The van der Waals surface area contributed by atoms with Crippen molar-refractivity contribution in [2.45, 2.75) is 32.0 Å². The number of nitrogens with zero attached hydrogens (tertiary/aromatic N) is 4. The molecule has 0 saturated carbocycles. The molecule has 124 valence electrons. The first-order valence-electron chi connectivity index (χ1n) is 8.11. The summed E-state index contributed by atoms with van der Waals surface area (Å²) in [5, 5.41) is 3.51. The largest absolute Gasteiger partial charge is 0.364 e. The lowest BCUT2D eigenvalue weighted by Gasteiger charge is -2.23. The van der Waals surface area contributed by atoms with Crippen LogP contribution in [0.4, 0.5) is 5.82 Å². The van der Waals surface area contributed by atoms with Gasteiger partial charge in [0.05, 0.1) is 6.33 Å². The first-order chi connectivity index (χ1) is 11.8. The average Bonchev–Trinajstić information content (AvgIpc) is 3.05. The molecular weight excluding hydrogens is 326 g/mol. The van der Waals surface area contributed by atoms with Crippen LogP contribution in [-0.2, 0) is 11.3 Å². The maximum absolute atomic E-state index is 6.13. The van der Waals surface area contributed by atoms with Crippen LogP contribution < -0.4 is 5.32 Å². The molecule has 1 saturated heterocycles. The molecule has 3 heterocycles. The van der Waals surface area contributed by atoms with Gasteiger partial charge in [-0.25, -0.2) is 4.98 Å². The highest BCUT2D eigenvalue weighted by atomic mass is 35.5. The maximum atomic E-state index is 6.13. The third-order valence-electron chi connectivity index (χ3n) is 4.16. The molecule has 0 bridgehead atoms. The van der Waals surface area contributed by atoms with E-state index in [1.165, 1.54) is 0 Å². The fourth-order valence-corrected chi connectivity index (χ4v) is 3.11. The van der Waals surface area contributed by atoms with Gasteiger partial charge in [0, 0.05) is 13.2 Å². The monoisotopic (exact) mass is 343 g/mol. The predicted molar refractivity (Wildman–Crippen MR) is 92.9 cm³/mol. The average molecular weight is 344 g/mol. The van der Waals surface area contributed by atoms with Gasteiger partial charge in [0.2, 0.25) is 5.28 Å². The Balaban J connectivity index is 1.64. The van der Waals surface area contributed by atoms with Crippen molar-refractivity contribution in [2.24, 2.45) is 0 Å². The van der Waals surface area contributed by atoms with Crippen molar-refractivity contribution in [1.82, 2.24) is 19.5 Å². The molecule has 1 fully saturated rings. The number of fused-ring (bicyclic) bond motifs is 1. The van der Waals surface area contributed by atoms with Gasteiger partial charge in [-0.3, -0.25) is 4.57 Å². The van der Waals surface area contributed by atoms with Gasteiger partial charge in [-0.2, -0.15) is 9.97 Å². The number of aromatic nitrogens is 4. The number of hydrogen-bond acceptors (Lipinski definition) is 5. The van der Waals surface area contributed by atoms with Gasteiger partial charge in [-0.1, -0.05) is 30.3 Å². The molecule has 24 heavy (non-hydrogen) atoms. The molecule has 6 nitrogen and oxygen atoms in total. The molecule has 0 amide bonds. The molecule has 1 aromatic carbocycles. The van der Waals surface area contributed by atoms with Crippen molar-refractivity contribution in [3.05, 3.63) is 47.5 Å². The van der Waals surface area contributed by atoms with Crippen LogP contribution >= 0.6 is 11.6 Å². The van der Waals surface area contributed by atoms with E-state index < -0.39 is 0 Å². The van der Waals surface area contributed by atoms with Crippen LogP contribution in [0.2, 0.25) is 5.28 Å². The Bertz CT molecular complexity index is 830. The number of rotatable bonds is 4. The van der Waals surface area contributed by atoms with E-state index in [4.69, 9.17) is 16.3 Å². The zero-order chi connectivity index (χ0) is 16.4. The molecule has 1 aliphatic rings. The highest BCUT2D eigenvalue weighted by molar-refractivity contribution is 6.28. The van der Waals surface area contributed by atoms with Crippen molar-refractivity contribution < 1.29 is 4.74 Å². The Kier molecular flexibility index (Phi) is 4.32. The standard InChI is InChI=1S/C17H18ClN5O/c18-17-21-15(19-10-12-6-2-1-3-7-12)14-16(22-17)23(11-20-14)13-8-4-5-9-24-13/h1-3,6-7,11,13H,4-5,8-10H2,(H,19,21,22). The van der Waals surface area contributed by atoms with Crippen molar-refractivity contribution in [3.8, 4) is 0 Å².